The summed E-state index contributed by atoms with van der Waals surface area (Å²) in [6.45, 7) is 1.02. The molecule has 1 spiro atoms. The van der Waals surface area contributed by atoms with E-state index in [4.69, 9.17) is 0 Å². The zero-order chi connectivity index (χ0) is 20.6. The standard InChI is InChI=1S/C21H24FN5O2/c1-25(2)17-7-3-5-15(13-17)19(28)26-11-9-21(10-12-26)23-20(29)27(24-21)18-8-4-6-16(22)14-18/h3-8,13-14,24H,9-12H2,1-2H3,(H,23,29). The zero-order valence-corrected chi connectivity index (χ0v) is 16.5. The van der Waals surface area contributed by atoms with E-state index in [2.05, 4.69) is 10.7 Å². The second kappa shape index (κ2) is 7.36. The van der Waals surface area contributed by atoms with Crippen LogP contribution in [0.5, 0.6) is 0 Å². The van der Waals surface area contributed by atoms with Crippen molar-refractivity contribution in [2.24, 2.45) is 0 Å². The molecule has 0 aromatic heterocycles. The van der Waals surface area contributed by atoms with Crippen molar-refractivity contribution in [1.29, 1.82) is 0 Å². The first-order valence-corrected chi connectivity index (χ1v) is 9.59. The van der Waals surface area contributed by atoms with Crippen molar-refractivity contribution in [3.63, 3.8) is 0 Å². The Kier molecular flexibility index (Phi) is 4.87. The molecule has 2 aromatic carbocycles. The van der Waals surface area contributed by atoms with E-state index >= 15 is 0 Å². The maximum absolute atomic E-state index is 13.5. The molecule has 2 aromatic rings. The van der Waals surface area contributed by atoms with Crippen molar-refractivity contribution < 1.29 is 14.0 Å². The molecule has 7 nitrogen and oxygen atoms in total. The monoisotopic (exact) mass is 397 g/mol. The van der Waals surface area contributed by atoms with Crippen LogP contribution in [0.25, 0.3) is 0 Å². The summed E-state index contributed by atoms with van der Waals surface area (Å²) in [7, 11) is 3.88. The summed E-state index contributed by atoms with van der Waals surface area (Å²) in [5.74, 6) is -0.423. The summed E-state index contributed by atoms with van der Waals surface area (Å²) in [5.41, 5.74) is 4.62. The molecule has 2 aliphatic rings. The van der Waals surface area contributed by atoms with Crippen molar-refractivity contribution in [3.8, 4) is 0 Å². The second-order valence-corrected chi connectivity index (χ2v) is 7.68. The van der Waals surface area contributed by atoms with Crippen molar-refractivity contribution in [1.82, 2.24) is 15.6 Å². The first-order chi connectivity index (χ1) is 13.9. The Morgan fingerprint density at radius 1 is 1.10 bits per heavy atom. The third-order valence-corrected chi connectivity index (χ3v) is 5.46. The normalized spacial score (nSPS) is 18.1. The van der Waals surface area contributed by atoms with Crippen LogP contribution in [-0.2, 0) is 0 Å². The number of hydrogen-bond donors (Lipinski definition) is 2. The van der Waals surface area contributed by atoms with Gasteiger partial charge in [-0.1, -0.05) is 12.1 Å². The Bertz CT molecular complexity index is 940. The number of hydrazine groups is 1. The Morgan fingerprint density at radius 3 is 2.52 bits per heavy atom. The van der Waals surface area contributed by atoms with Crippen LogP contribution in [0.4, 0.5) is 20.6 Å². The lowest BCUT2D eigenvalue weighted by atomic mass is 9.97. The van der Waals surface area contributed by atoms with Gasteiger partial charge >= 0.3 is 6.03 Å². The highest BCUT2D eigenvalue weighted by atomic mass is 19.1. The molecule has 29 heavy (non-hydrogen) atoms. The van der Waals surface area contributed by atoms with E-state index in [0.29, 0.717) is 37.2 Å². The van der Waals surface area contributed by atoms with Gasteiger partial charge in [0.25, 0.3) is 5.91 Å². The lowest BCUT2D eigenvalue weighted by Gasteiger charge is -2.39. The van der Waals surface area contributed by atoms with E-state index < -0.39 is 11.5 Å². The zero-order valence-electron chi connectivity index (χ0n) is 16.5. The third kappa shape index (κ3) is 3.75. The molecular formula is C21H24FN5O2. The number of anilines is 2. The number of urea groups is 1. The van der Waals surface area contributed by atoms with E-state index in [1.165, 1.54) is 17.1 Å². The van der Waals surface area contributed by atoms with Gasteiger partial charge in [0.15, 0.2) is 0 Å². The molecule has 0 bridgehead atoms. The van der Waals surface area contributed by atoms with Crippen molar-refractivity contribution in [2.75, 3.05) is 37.1 Å². The summed E-state index contributed by atoms with van der Waals surface area (Å²) in [5, 5.41) is 4.30. The predicted octanol–water partition coefficient (Wildman–Crippen LogP) is 2.56. The minimum Gasteiger partial charge on any atom is -0.378 e. The van der Waals surface area contributed by atoms with E-state index in [-0.39, 0.29) is 11.9 Å². The molecule has 152 valence electrons. The van der Waals surface area contributed by atoms with Crippen LogP contribution in [-0.4, -0.2) is 49.7 Å². The molecule has 0 radical (unpaired) electrons. The van der Waals surface area contributed by atoms with Crippen LogP contribution in [0.2, 0.25) is 0 Å². The van der Waals surface area contributed by atoms with E-state index in [1.807, 2.05) is 43.3 Å². The molecule has 2 saturated heterocycles. The molecular weight excluding hydrogens is 373 g/mol. The number of halogens is 1. The van der Waals surface area contributed by atoms with E-state index in [9.17, 15) is 14.0 Å². The van der Waals surface area contributed by atoms with Crippen LogP contribution in [0.3, 0.4) is 0 Å². The average molecular weight is 397 g/mol. The number of benzene rings is 2. The molecule has 2 fully saturated rings. The fraction of sp³-hybridized carbons (Fsp3) is 0.333. The topological polar surface area (TPSA) is 67.9 Å². The number of carbonyl (C=O) groups excluding carboxylic acids is 2. The molecule has 0 aliphatic carbocycles. The summed E-state index contributed by atoms with van der Waals surface area (Å²) in [6, 6.07) is 13.1. The number of carbonyl (C=O) groups is 2. The predicted molar refractivity (Wildman–Crippen MR) is 109 cm³/mol. The number of nitrogens with one attached hydrogen (secondary N) is 2. The van der Waals surface area contributed by atoms with Crippen LogP contribution in [0.1, 0.15) is 23.2 Å². The van der Waals surface area contributed by atoms with Gasteiger partial charge in [-0.15, -0.1) is 0 Å². The smallest absolute Gasteiger partial charge is 0.338 e. The summed E-state index contributed by atoms with van der Waals surface area (Å²) in [4.78, 5) is 29.1. The van der Waals surface area contributed by atoms with Gasteiger partial charge in [-0.3, -0.25) is 4.79 Å². The Labute approximate surface area is 169 Å². The van der Waals surface area contributed by atoms with Gasteiger partial charge < -0.3 is 15.1 Å². The first kappa shape index (κ1) is 19.2. The Balaban J connectivity index is 1.43. The minimum atomic E-state index is -0.633. The molecule has 2 heterocycles. The quantitative estimate of drug-likeness (QED) is 0.835. The van der Waals surface area contributed by atoms with Gasteiger partial charge in [0.2, 0.25) is 0 Å². The van der Waals surface area contributed by atoms with Gasteiger partial charge in [0.05, 0.1) is 5.69 Å². The molecule has 8 heteroatoms. The summed E-state index contributed by atoms with van der Waals surface area (Å²) in [6.07, 6.45) is 1.12. The summed E-state index contributed by atoms with van der Waals surface area (Å²) >= 11 is 0. The van der Waals surface area contributed by atoms with Crippen LogP contribution >= 0.6 is 0 Å². The minimum absolute atomic E-state index is 0.0186. The van der Waals surface area contributed by atoms with Crippen LogP contribution in [0, 0.1) is 5.82 Å². The average Bonchev–Trinajstić information content (AvgIpc) is 3.04. The lowest BCUT2D eigenvalue weighted by Crippen LogP contribution is -2.58. The highest BCUT2D eigenvalue weighted by Crippen LogP contribution is 2.28. The maximum Gasteiger partial charge on any atom is 0.338 e. The maximum atomic E-state index is 13.5. The first-order valence-electron chi connectivity index (χ1n) is 9.59. The number of likely N-dealkylation sites (tertiary alicyclic amines) is 1. The molecule has 4 rings (SSSR count). The van der Waals surface area contributed by atoms with Crippen LogP contribution in [0.15, 0.2) is 48.5 Å². The summed E-state index contributed by atoms with van der Waals surface area (Å²) < 4.78 is 13.5. The van der Waals surface area contributed by atoms with Crippen LogP contribution < -0.4 is 20.7 Å². The van der Waals surface area contributed by atoms with Gasteiger partial charge in [-0.2, -0.15) is 0 Å². The van der Waals surface area contributed by atoms with E-state index in [0.717, 1.165) is 5.69 Å². The highest BCUT2D eigenvalue weighted by Gasteiger charge is 2.45. The Hall–Kier alpha value is -3.13. The number of hydrogen-bond acceptors (Lipinski definition) is 4. The molecule has 0 atom stereocenters. The number of piperidine rings is 1. The van der Waals surface area contributed by atoms with Crippen molar-refractivity contribution >= 4 is 23.3 Å². The fourth-order valence-electron chi connectivity index (χ4n) is 3.78. The second-order valence-electron chi connectivity index (χ2n) is 7.68. The molecule has 2 N–H and O–H groups in total. The SMILES string of the molecule is CN(C)c1cccc(C(=O)N2CCC3(CC2)NC(=O)N(c2cccc(F)c2)N3)c1. The number of amides is 3. The van der Waals surface area contributed by atoms with Gasteiger partial charge in [0, 0.05) is 51.3 Å². The van der Waals surface area contributed by atoms with Gasteiger partial charge in [-0.05, 0) is 36.4 Å². The molecule has 3 amide bonds. The largest absolute Gasteiger partial charge is 0.378 e. The fourth-order valence-corrected chi connectivity index (χ4v) is 3.78. The lowest BCUT2D eigenvalue weighted by molar-refractivity contribution is 0.0641. The molecule has 0 unspecified atom stereocenters. The Morgan fingerprint density at radius 2 is 1.83 bits per heavy atom. The van der Waals surface area contributed by atoms with Crippen molar-refractivity contribution in [3.05, 3.63) is 59.9 Å². The van der Waals surface area contributed by atoms with Crippen molar-refractivity contribution in [2.45, 2.75) is 18.5 Å². The third-order valence-electron chi connectivity index (χ3n) is 5.46. The molecule has 0 saturated carbocycles. The van der Waals surface area contributed by atoms with E-state index in [1.54, 1.807) is 17.0 Å². The van der Waals surface area contributed by atoms with Gasteiger partial charge in [0.1, 0.15) is 11.5 Å². The molecule has 2 aliphatic heterocycles. The van der Waals surface area contributed by atoms with Gasteiger partial charge in [-0.25, -0.2) is 19.6 Å². The number of rotatable bonds is 3. The highest BCUT2D eigenvalue weighted by molar-refractivity contribution is 5.96. The number of nitrogens with zero attached hydrogens (tertiary/aromatic N) is 3.